The number of Topliss-reactive ketones (excluding diaryl/α,β-unsaturated/α-hetero) is 1. The van der Waals surface area contributed by atoms with E-state index in [2.05, 4.69) is 93.6 Å². The molecule has 0 bridgehead atoms. The number of aryl methyl sites for hydroxylation is 1. The molecule has 3 nitrogen and oxygen atoms in total. The fraction of sp³-hybridized carbons (Fsp3) is 0.212. The molecule has 0 aliphatic heterocycles. The Morgan fingerprint density at radius 1 is 0.757 bits per heavy atom. The summed E-state index contributed by atoms with van der Waals surface area (Å²) >= 11 is 0. The van der Waals surface area contributed by atoms with Gasteiger partial charge in [0.2, 0.25) is 11.6 Å². The van der Waals surface area contributed by atoms with Crippen LogP contribution in [0.2, 0.25) is 5.04 Å². The van der Waals surface area contributed by atoms with Gasteiger partial charge in [-0.3, -0.25) is 9.59 Å². The van der Waals surface area contributed by atoms with Crippen molar-refractivity contribution >= 4 is 47.1 Å². The molecule has 0 radical (unpaired) electrons. The predicted octanol–water partition coefficient (Wildman–Crippen LogP) is 6.18. The zero-order valence-electron chi connectivity index (χ0n) is 21.5. The third kappa shape index (κ3) is 3.66. The molecular weight excluding hydrogens is 472 g/mol. The summed E-state index contributed by atoms with van der Waals surface area (Å²) in [6.45, 7) is 6.94. The summed E-state index contributed by atoms with van der Waals surface area (Å²) in [4.78, 5) is 24.4. The van der Waals surface area contributed by atoms with Gasteiger partial charge >= 0.3 is 0 Å². The van der Waals surface area contributed by atoms with Crippen LogP contribution in [-0.2, 0) is 15.6 Å². The minimum absolute atomic E-state index is 0.0134. The zero-order chi connectivity index (χ0) is 25.8. The lowest BCUT2D eigenvalue weighted by Gasteiger charge is -2.44. The summed E-state index contributed by atoms with van der Waals surface area (Å²) < 4.78 is 7.48. The van der Waals surface area contributed by atoms with Crippen LogP contribution in [-0.4, -0.2) is 19.9 Å². The smallest absolute Gasteiger partial charge is 0.261 e. The highest BCUT2D eigenvalue weighted by Crippen LogP contribution is 2.45. The van der Waals surface area contributed by atoms with Gasteiger partial charge in [-0.05, 0) is 73.9 Å². The molecule has 0 fully saturated rings. The van der Waals surface area contributed by atoms with Gasteiger partial charge in [0.1, 0.15) is 0 Å². The molecule has 0 amide bonds. The number of hydrogen-bond acceptors (Lipinski definition) is 3. The maximum absolute atomic E-state index is 12.4. The van der Waals surface area contributed by atoms with Crippen LogP contribution in [0.3, 0.4) is 0 Å². The predicted molar refractivity (Wildman–Crippen MR) is 152 cm³/mol. The normalized spacial score (nSPS) is 17.2. The molecule has 1 unspecified atom stereocenters. The Morgan fingerprint density at radius 2 is 1.38 bits per heavy atom. The van der Waals surface area contributed by atoms with Crippen molar-refractivity contribution in [2.75, 3.05) is 0 Å². The molecule has 1 atom stereocenters. The van der Waals surface area contributed by atoms with Crippen molar-refractivity contribution in [2.24, 2.45) is 0 Å². The summed E-state index contributed by atoms with van der Waals surface area (Å²) in [5.41, 5.74) is 3.88. The number of rotatable bonds is 4. The fourth-order valence-corrected chi connectivity index (χ4v) is 11.0. The van der Waals surface area contributed by atoms with Crippen molar-refractivity contribution in [1.29, 1.82) is 0 Å². The summed E-state index contributed by atoms with van der Waals surface area (Å²) in [5, 5.41) is 4.65. The molecule has 37 heavy (non-hydrogen) atoms. The van der Waals surface area contributed by atoms with Gasteiger partial charge < -0.3 is 4.43 Å². The molecule has 184 valence electrons. The first kappa shape index (κ1) is 23.8. The Balaban J connectivity index is 1.49. The van der Waals surface area contributed by atoms with Crippen LogP contribution in [0.15, 0.2) is 91.0 Å². The zero-order valence-corrected chi connectivity index (χ0v) is 22.5. The van der Waals surface area contributed by atoms with Crippen LogP contribution in [0, 0.1) is 0 Å². The molecule has 2 aliphatic rings. The van der Waals surface area contributed by atoms with Gasteiger partial charge in [0.15, 0.2) is 0 Å². The third-order valence-electron chi connectivity index (χ3n) is 8.00. The van der Waals surface area contributed by atoms with Crippen molar-refractivity contribution < 1.29 is 14.0 Å². The number of fused-ring (bicyclic) bond motifs is 5. The lowest BCUT2D eigenvalue weighted by atomic mass is 9.88. The second-order valence-corrected chi connectivity index (χ2v) is 15.3. The molecule has 0 saturated heterocycles. The first-order chi connectivity index (χ1) is 17.8. The number of benzene rings is 4. The van der Waals surface area contributed by atoms with E-state index in [0.29, 0.717) is 5.56 Å². The van der Waals surface area contributed by atoms with Crippen molar-refractivity contribution in [2.45, 2.75) is 44.8 Å². The highest BCUT2D eigenvalue weighted by Gasteiger charge is 2.52. The van der Waals surface area contributed by atoms with E-state index < -0.39 is 19.9 Å². The minimum Gasteiger partial charge on any atom is -0.400 e. The van der Waals surface area contributed by atoms with E-state index in [-0.39, 0.29) is 11.1 Å². The molecule has 4 aromatic rings. The summed E-state index contributed by atoms with van der Waals surface area (Å²) in [6, 6.07) is 29.7. The molecule has 2 aliphatic carbocycles. The molecule has 0 heterocycles. The fourth-order valence-electron chi connectivity index (χ4n) is 6.29. The van der Waals surface area contributed by atoms with Gasteiger partial charge in [0.05, 0.1) is 6.10 Å². The van der Waals surface area contributed by atoms with Crippen LogP contribution in [0.1, 0.15) is 60.3 Å². The Morgan fingerprint density at radius 3 is 2.00 bits per heavy atom. The average molecular weight is 503 g/mol. The Kier molecular flexibility index (Phi) is 5.63. The van der Waals surface area contributed by atoms with Crippen molar-refractivity contribution in [3.63, 3.8) is 0 Å². The molecule has 0 saturated carbocycles. The van der Waals surface area contributed by atoms with Gasteiger partial charge in [0.25, 0.3) is 8.32 Å². The number of carbonyl (C=O) groups is 2. The van der Waals surface area contributed by atoms with E-state index >= 15 is 0 Å². The largest absolute Gasteiger partial charge is 0.400 e. The lowest BCUT2D eigenvalue weighted by molar-refractivity contribution is -0.110. The van der Waals surface area contributed by atoms with Crippen molar-refractivity contribution in [3.8, 4) is 0 Å². The first-order valence-corrected chi connectivity index (χ1v) is 14.9. The number of hydrogen-bond donors (Lipinski definition) is 0. The standard InChI is InChI=1S/C33H30O3Si/c1-33(2,3)37(22-10-6-4-7-11-22,23-12-8-5-9-13-23)36-31-21-19-26-24-15-17-29-27(18-20-30(34)32(29)35)25(24)14-16-28(26)31/h4-18,20,31H,19,21H2,1-3H3. The van der Waals surface area contributed by atoms with Gasteiger partial charge in [-0.1, -0.05) is 99.6 Å². The molecule has 0 aromatic heterocycles. The maximum Gasteiger partial charge on any atom is 0.261 e. The summed E-state index contributed by atoms with van der Waals surface area (Å²) in [5.74, 6) is -0.875. The summed E-state index contributed by atoms with van der Waals surface area (Å²) in [6.07, 6.45) is 5.01. The average Bonchev–Trinajstić information content (AvgIpc) is 3.32. The van der Waals surface area contributed by atoms with Gasteiger partial charge in [-0.15, -0.1) is 0 Å². The number of allylic oxidation sites excluding steroid dienone is 1. The molecule has 0 N–H and O–H groups in total. The van der Waals surface area contributed by atoms with E-state index in [1.54, 1.807) is 6.08 Å². The molecular formula is C33H30O3Si. The number of ketones is 2. The lowest BCUT2D eigenvalue weighted by Crippen LogP contribution is -2.66. The van der Waals surface area contributed by atoms with E-state index in [4.69, 9.17) is 4.43 Å². The van der Waals surface area contributed by atoms with E-state index in [1.807, 2.05) is 12.1 Å². The second kappa shape index (κ2) is 8.75. The Hall–Kier alpha value is -3.60. The Labute approximate surface area is 218 Å². The highest BCUT2D eigenvalue weighted by molar-refractivity contribution is 6.99. The van der Waals surface area contributed by atoms with E-state index in [1.165, 1.54) is 27.6 Å². The number of carbonyl (C=O) groups excluding carboxylic acids is 2. The molecule has 0 spiro atoms. The SMILES string of the molecule is CC(C)(C)[Si](OC1CCc2c1ccc1c3c(ccc21)C(=O)C(=O)C=C3)(c1ccccc1)c1ccccc1. The molecule has 4 heteroatoms. The highest BCUT2D eigenvalue weighted by atomic mass is 28.4. The van der Waals surface area contributed by atoms with Crippen LogP contribution < -0.4 is 10.4 Å². The van der Waals surface area contributed by atoms with E-state index in [9.17, 15) is 9.59 Å². The van der Waals surface area contributed by atoms with Crippen LogP contribution in [0.4, 0.5) is 0 Å². The molecule has 4 aromatic carbocycles. The quantitative estimate of drug-likeness (QED) is 0.247. The first-order valence-electron chi connectivity index (χ1n) is 13.0. The van der Waals surface area contributed by atoms with Crippen molar-refractivity contribution in [1.82, 2.24) is 0 Å². The van der Waals surface area contributed by atoms with Gasteiger partial charge in [0, 0.05) is 5.56 Å². The van der Waals surface area contributed by atoms with E-state index in [0.717, 1.165) is 29.2 Å². The van der Waals surface area contributed by atoms with Crippen molar-refractivity contribution in [3.05, 3.63) is 113 Å². The second-order valence-electron chi connectivity index (χ2n) is 11.1. The monoisotopic (exact) mass is 502 g/mol. The topological polar surface area (TPSA) is 43.4 Å². The minimum atomic E-state index is -2.68. The van der Waals surface area contributed by atoms with Gasteiger partial charge in [-0.2, -0.15) is 0 Å². The Bertz CT molecular complexity index is 1520. The summed E-state index contributed by atoms with van der Waals surface area (Å²) in [7, 11) is -2.68. The van der Waals surface area contributed by atoms with Gasteiger partial charge in [-0.25, -0.2) is 0 Å². The third-order valence-corrected chi connectivity index (χ3v) is 13.0. The molecule has 6 rings (SSSR count). The maximum atomic E-state index is 12.4. The van der Waals surface area contributed by atoms with Crippen LogP contribution in [0.25, 0.3) is 16.8 Å². The van der Waals surface area contributed by atoms with Crippen LogP contribution in [0.5, 0.6) is 0 Å². The van der Waals surface area contributed by atoms with Crippen LogP contribution >= 0.6 is 0 Å².